The van der Waals surface area contributed by atoms with Crippen LogP contribution in [0.2, 0.25) is 0 Å². The molecule has 21 heavy (non-hydrogen) atoms. The van der Waals surface area contributed by atoms with Crippen molar-refractivity contribution in [3.63, 3.8) is 0 Å². The molecule has 0 radical (unpaired) electrons. The quantitative estimate of drug-likeness (QED) is 0.767. The molecule has 2 aromatic carbocycles. The highest BCUT2D eigenvalue weighted by Crippen LogP contribution is 2.14. The highest BCUT2D eigenvalue weighted by Gasteiger charge is 2.01. The maximum atomic E-state index is 4.42. The monoisotopic (exact) mass is 277 g/mol. The van der Waals surface area contributed by atoms with Crippen molar-refractivity contribution in [2.75, 3.05) is 5.32 Å². The van der Waals surface area contributed by atoms with Crippen LogP contribution in [0.15, 0.2) is 67.0 Å². The van der Waals surface area contributed by atoms with Crippen molar-refractivity contribution in [1.29, 1.82) is 0 Å². The number of hydrogen-bond donors (Lipinski definition) is 1. The van der Waals surface area contributed by atoms with Gasteiger partial charge in [0, 0.05) is 24.0 Å². The Morgan fingerprint density at radius 3 is 2.52 bits per heavy atom. The van der Waals surface area contributed by atoms with Gasteiger partial charge in [-0.15, -0.1) is 0 Å². The number of nitrogens with zero attached hydrogens (tertiary/aromatic N) is 2. The number of nitrogens with one attached hydrogen (secondary N) is 1. The third-order valence-electron chi connectivity index (χ3n) is 3.50. The molecule has 1 heterocycles. The zero-order valence-electron chi connectivity index (χ0n) is 12.2. The predicted molar refractivity (Wildman–Crippen MR) is 86.3 cm³/mol. The molecular formula is C18H19N3. The molecule has 0 atom stereocenters. The van der Waals surface area contributed by atoms with E-state index in [-0.39, 0.29) is 0 Å². The van der Waals surface area contributed by atoms with E-state index in [1.54, 1.807) is 0 Å². The van der Waals surface area contributed by atoms with Crippen LogP contribution in [0.5, 0.6) is 0 Å². The topological polar surface area (TPSA) is 29.9 Å². The Morgan fingerprint density at radius 2 is 1.71 bits per heavy atom. The number of hydrogen-bond acceptors (Lipinski definition) is 2. The van der Waals surface area contributed by atoms with Gasteiger partial charge in [0.1, 0.15) is 0 Å². The smallest absolute Gasteiger partial charge is 0.0659 e. The van der Waals surface area contributed by atoms with Gasteiger partial charge in [-0.25, -0.2) is 0 Å². The Labute approximate surface area is 125 Å². The lowest BCUT2D eigenvalue weighted by molar-refractivity contribution is 0.686. The van der Waals surface area contributed by atoms with Gasteiger partial charge in [-0.1, -0.05) is 48.5 Å². The SMILES string of the molecule is Cc1ccccc1NCc1cnn(Cc2ccccc2)c1. The molecule has 3 aromatic rings. The van der Waals surface area contributed by atoms with E-state index in [1.807, 2.05) is 23.0 Å². The van der Waals surface area contributed by atoms with E-state index in [0.717, 1.165) is 13.1 Å². The second kappa shape index (κ2) is 6.27. The van der Waals surface area contributed by atoms with E-state index in [9.17, 15) is 0 Å². The van der Waals surface area contributed by atoms with Gasteiger partial charge in [-0.3, -0.25) is 4.68 Å². The maximum Gasteiger partial charge on any atom is 0.0659 e. The molecule has 0 aliphatic heterocycles. The van der Waals surface area contributed by atoms with E-state index in [1.165, 1.54) is 22.4 Å². The van der Waals surface area contributed by atoms with Crippen LogP contribution in [-0.2, 0) is 13.1 Å². The van der Waals surface area contributed by atoms with Crippen LogP contribution in [0, 0.1) is 6.92 Å². The third kappa shape index (κ3) is 3.51. The van der Waals surface area contributed by atoms with Gasteiger partial charge in [-0.05, 0) is 24.1 Å². The molecule has 0 bridgehead atoms. The zero-order valence-corrected chi connectivity index (χ0v) is 12.2. The van der Waals surface area contributed by atoms with Crippen LogP contribution in [-0.4, -0.2) is 9.78 Å². The predicted octanol–water partition coefficient (Wildman–Crippen LogP) is 3.85. The van der Waals surface area contributed by atoms with Crippen LogP contribution in [0.3, 0.4) is 0 Å². The Hall–Kier alpha value is -2.55. The average Bonchev–Trinajstić information content (AvgIpc) is 2.95. The fraction of sp³-hybridized carbons (Fsp3) is 0.167. The molecular weight excluding hydrogens is 258 g/mol. The summed E-state index contributed by atoms with van der Waals surface area (Å²) in [7, 11) is 0. The van der Waals surface area contributed by atoms with Gasteiger partial charge in [0.15, 0.2) is 0 Å². The first-order valence-electron chi connectivity index (χ1n) is 7.16. The van der Waals surface area contributed by atoms with E-state index in [2.05, 4.69) is 66.0 Å². The Balaban J connectivity index is 1.62. The Morgan fingerprint density at radius 1 is 0.952 bits per heavy atom. The Kier molecular flexibility index (Phi) is 4.01. The number of benzene rings is 2. The summed E-state index contributed by atoms with van der Waals surface area (Å²) < 4.78 is 1.98. The van der Waals surface area contributed by atoms with E-state index in [0.29, 0.717) is 0 Å². The van der Waals surface area contributed by atoms with Crippen LogP contribution in [0.1, 0.15) is 16.7 Å². The standard InChI is InChI=1S/C18H19N3/c1-15-7-5-6-10-18(15)19-11-17-12-20-21(14-17)13-16-8-3-2-4-9-16/h2-10,12,14,19H,11,13H2,1H3. The average molecular weight is 277 g/mol. The highest BCUT2D eigenvalue weighted by atomic mass is 15.3. The van der Waals surface area contributed by atoms with Crippen molar-refractivity contribution in [2.45, 2.75) is 20.0 Å². The first kappa shape index (κ1) is 13.4. The molecule has 0 saturated carbocycles. The maximum absolute atomic E-state index is 4.42. The van der Waals surface area contributed by atoms with Gasteiger partial charge in [0.2, 0.25) is 0 Å². The van der Waals surface area contributed by atoms with Gasteiger partial charge in [0.25, 0.3) is 0 Å². The molecule has 3 heteroatoms. The number of aromatic nitrogens is 2. The van der Waals surface area contributed by atoms with Crippen molar-refractivity contribution < 1.29 is 0 Å². The molecule has 0 amide bonds. The number of para-hydroxylation sites is 1. The molecule has 3 rings (SSSR count). The van der Waals surface area contributed by atoms with Crippen molar-refractivity contribution in [1.82, 2.24) is 9.78 Å². The first-order valence-corrected chi connectivity index (χ1v) is 7.16. The molecule has 0 saturated heterocycles. The molecule has 0 fully saturated rings. The van der Waals surface area contributed by atoms with Crippen molar-refractivity contribution in [3.05, 3.63) is 83.7 Å². The van der Waals surface area contributed by atoms with E-state index < -0.39 is 0 Å². The number of anilines is 1. The normalized spacial score (nSPS) is 10.5. The third-order valence-corrected chi connectivity index (χ3v) is 3.50. The molecule has 0 unspecified atom stereocenters. The molecule has 0 aliphatic rings. The van der Waals surface area contributed by atoms with Gasteiger partial charge < -0.3 is 5.32 Å². The van der Waals surface area contributed by atoms with Crippen LogP contribution < -0.4 is 5.32 Å². The number of rotatable bonds is 5. The van der Waals surface area contributed by atoms with E-state index in [4.69, 9.17) is 0 Å². The van der Waals surface area contributed by atoms with Gasteiger partial charge in [-0.2, -0.15) is 5.10 Å². The second-order valence-electron chi connectivity index (χ2n) is 5.20. The second-order valence-corrected chi connectivity index (χ2v) is 5.20. The molecule has 0 spiro atoms. The molecule has 1 N–H and O–H groups in total. The minimum Gasteiger partial charge on any atom is -0.381 e. The summed E-state index contributed by atoms with van der Waals surface area (Å²) in [4.78, 5) is 0. The summed E-state index contributed by atoms with van der Waals surface area (Å²) in [6.45, 7) is 3.71. The van der Waals surface area contributed by atoms with Crippen molar-refractivity contribution >= 4 is 5.69 Å². The largest absolute Gasteiger partial charge is 0.381 e. The van der Waals surface area contributed by atoms with Crippen LogP contribution in [0.25, 0.3) is 0 Å². The summed E-state index contributed by atoms with van der Waals surface area (Å²) in [5.41, 5.74) is 4.88. The molecule has 3 nitrogen and oxygen atoms in total. The molecule has 106 valence electrons. The summed E-state index contributed by atoms with van der Waals surface area (Å²) in [5.74, 6) is 0. The number of aryl methyl sites for hydroxylation is 1. The zero-order chi connectivity index (χ0) is 14.5. The summed E-state index contributed by atoms with van der Waals surface area (Å²) in [6, 6.07) is 18.7. The summed E-state index contributed by atoms with van der Waals surface area (Å²) >= 11 is 0. The van der Waals surface area contributed by atoms with Gasteiger partial charge in [0.05, 0.1) is 12.7 Å². The van der Waals surface area contributed by atoms with Crippen molar-refractivity contribution in [2.24, 2.45) is 0 Å². The Bertz CT molecular complexity index is 701. The summed E-state index contributed by atoms with van der Waals surface area (Å²) in [5, 5.41) is 7.88. The van der Waals surface area contributed by atoms with Crippen LogP contribution in [0.4, 0.5) is 5.69 Å². The highest BCUT2D eigenvalue weighted by molar-refractivity contribution is 5.50. The lowest BCUT2D eigenvalue weighted by Crippen LogP contribution is -2.01. The van der Waals surface area contributed by atoms with Crippen LogP contribution >= 0.6 is 0 Å². The molecule has 1 aromatic heterocycles. The first-order chi connectivity index (χ1) is 10.3. The minimum atomic E-state index is 0.791. The lowest BCUT2D eigenvalue weighted by Gasteiger charge is -2.07. The lowest BCUT2D eigenvalue weighted by atomic mass is 10.2. The van der Waals surface area contributed by atoms with Crippen molar-refractivity contribution in [3.8, 4) is 0 Å². The summed E-state index contributed by atoms with van der Waals surface area (Å²) in [6.07, 6.45) is 4.02. The fourth-order valence-electron chi connectivity index (χ4n) is 2.32. The molecule has 0 aliphatic carbocycles. The van der Waals surface area contributed by atoms with Gasteiger partial charge >= 0.3 is 0 Å². The minimum absolute atomic E-state index is 0.791. The van der Waals surface area contributed by atoms with E-state index >= 15 is 0 Å². The fourth-order valence-corrected chi connectivity index (χ4v) is 2.32.